The molecule has 0 bridgehead atoms. The van der Waals surface area contributed by atoms with Crippen LogP contribution in [0, 0.1) is 17.0 Å². The molecule has 1 aromatic rings. The van der Waals surface area contributed by atoms with Gasteiger partial charge in [0, 0.05) is 17.7 Å². The zero-order valence-electron chi connectivity index (χ0n) is 7.99. The Morgan fingerprint density at radius 2 is 2.29 bits per heavy atom. The number of nitrogens with one attached hydrogen (secondary N) is 1. The van der Waals surface area contributed by atoms with Gasteiger partial charge in [-0.15, -0.1) is 0 Å². The molecule has 0 radical (unpaired) electrons. The molecule has 1 atom stereocenters. The van der Waals surface area contributed by atoms with E-state index >= 15 is 0 Å². The molecule has 0 spiro atoms. The molecule has 1 aliphatic rings. The SMILES string of the molecule is Cc1ccc([C@H]2CCN2)cc1[N+](=O)[O-]. The highest BCUT2D eigenvalue weighted by Crippen LogP contribution is 2.27. The van der Waals surface area contributed by atoms with Crippen LogP contribution in [0.5, 0.6) is 0 Å². The number of nitro groups is 1. The van der Waals surface area contributed by atoms with Gasteiger partial charge in [-0.3, -0.25) is 10.1 Å². The van der Waals surface area contributed by atoms with Crippen molar-refractivity contribution in [2.24, 2.45) is 0 Å². The van der Waals surface area contributed by atoms with Gasteiger partial charge in [0.2, 0.25) is 0 Å². The number of rotatable bonds is 2. The Morgan fingerprint density at radius 3 is 2.79 bits per heavy atom. The van der Waals surface area contributed by atoms with E-state index in [4.69, 9.17) is 0 Å². The molecule has 4 heteroatoms. The molecule has 14 heavy (non-hydrogen) atoms. The van der Waals surface area contributed by atoms with Gasteiger partial charge in [0.05, 0.1) is 4.92 Å². The topological polar surface area (TPSA) is 55.2 Å². The van der Waals surface area contributed by atoms with Gasteiger partial charge < -0.3 is 5.32 Å². The summed E-state index contributed by atoms with van der Waals surface area (Å²) in [6, 6.07) is 5.76. The van der Waals surface area contributed by atoms with Crippen LogP contribution in [0.25, 0.3) is 0 Å². The summed E-state index contributed by atoms with van der Waals surface area (Å²) in [7, 11) is 0. The maximum Gasteiger partial charge on any atom is 0.272 e. The summed E-state index contributed by atoms with van der Waals surface area (Å²) in [5, 5.41) is 13.9. The Bertz CT molecular complexity index is 372. The molecule has 0 aromatic heterocycles. The highest BCUT2D eigenvalue weighted by atomic mass is 16.6. The Labute approximate surface area is 82.1 Å². The molecule has 1 aromatic carbocycles. The Balaban J connectivity index is 2.34. The van der Waals surface area contributed by atoms with Crippen molar-refractivity contribution in [3.05, 3.63) is 39.4 Å². The van der Waals surface area contributed by atoms with E-state index in [1.807, 2.05) is 12.1 Å². The van der Waals surface area contributed by atoms with Crippen molar-refractivity contribution in [1.29, 1.82) is 0 Å². The normalized spacial score (nSPS) is 20.2. The zero-order chi connectivity index (χ0) is 10.1. The van der Waals surface area contributed by atoms with Crippen LogP contribution in [0.15, 0.2) is 18.2 Å². The summed E-state index contributed by atoms with van der Waals surface area (Å²) in [5.41, 5.74) is 1.96. The van der Waals surface area contributed by atoms with Gasteiger partial charge in [-0.2, -0.15) is 0 Å². The van der Waals surface area contributed by atoms with E-state index in [0.717, 1.165) is 24.1 Å². The first-order valence-corrected chi connectivity index (χ1v) is 4.67. The van der Waals surface area contributed by atoms with E-state index < -0.39 is 0 Å². The van der Waals surface area contributed by atoms with Crippen LogP contribution in [-0.2, 0) is 0 Å². The second-order valence-corrected chi connectivity index (χ2v) is 3.60. The van der Waals surface area contributed by atoms with Crippen LogP contribution in [-0.4, -0.2) is 11.5 Å². The lowest BCUT2D eigenvalue weighted by Crippen LogP contribution is -2.34. The number of hydrogen-bond donors (Lipinski definition) is 1. The highest BCUT2D eigenvalue weighted by molar-refractivity contribution is 5.43. The van der Waals surface area contributed by atoms with Crippen molar-refractivity contribution in [3.63, 3.8) is 0 Å². The molecule has 0 unspecified atom stereocenters. The van der Waals surface area contributed by atoms with Crippen LogP contribution >= 0.6 is 0 Å². The summed E-state index contributed by atoms with van der Waals surface area (Å²) in [5.74, 6) is 0. The first kappa shape index (κ1) is 9.15. The van der Waals surface area contributed by atoms with Gasteiger partial charge in [0.1, 0.15) is 0 Å². The van der Waals surface area contributed by atoms with Crippen LogP contribution in [0.4, 0.5) is 5.69 Å². The van der Waals surface area contributed by atoms with Crippen molar-refractivity contribution >= 4 is 5.69 Å². The minimum Gasteiger partial charge on any atom is -0.310 e. The summed E-state index contributed by atoms with van der Waals surface area (Å²) in [4.78, 5) is 10.4. The van der Waals surface area contributed by atoms with E-state index in [9.17, 15) is 10.1 Å². The lowest BCUT2D eigenvalue weighted by Gasteiger charge is -2.27. The van der Waals surface area contributed by atoms with Gasteiger partial charge in [-0.1, -0.05) is 12.1 Å². The molecule has 74 valence electrons. The van der Waals surface area contributed by atoms with E-state index in [2.05, 4.69) is 5.32 Å². The van der Waals surface area contributed by atoms with E-state index in [1.165, 1.54) is 0 Å². The molecule has 1 saturated heterocycles. The van der Waals surface area contributed by atoms with Crippen LogP contribution in [0.3, 0.4) is 0 Å². The molecule has 1 heterocycles. The lowest BCUT2D eigenvalue weighted by molar-refractivity contribution is -0.385. The molecule has 2 rings (SSSR count). The molecule has 4 nitrogen and oxygen atoms in total. The molecular weight excluding hydrogens is 180 g/mol. The van der Waals surface area contributed by atoms with Gasteiger partial charge >= 0.3 is 0 Å². The number of nitrogens with zero attached hydrogens (tertiary/aromatic N) is 1. The summed E-state index contributed by atoms with van der Waals surface area (Å²) in [6.45, 7) is 2.77. The average Bonchev–Trinajstić information content (AvgIpc) is 2.04. The molecule has 1 aliphatic heterocycles. The quantitative estimate of drug-likeness (QED) is 0.575. The second-order valence-electron chi connectivity index (χ2n) is 3.60. The van der Waals surface area contributed by atoms with Crippen molar-refractivity contribution in [3.8, 4) is 0 Å². The van der Waals surface area contributed by atoms with Gasteiger partial charge in [0.15, 0.2) is 0 Å². The minimum atomic E-state index is -0.322. The van der Waals surface area contributed by atoms with Crippen LogP contribution in [0.2, 0.25) is 0 Å². The predicted octanol–water partition coefficient (Wildman–Crippen LogP) is 1.94. The molecule has 0 amide bonds. The maximum absolute atomic E-state index is 10.7. The van der Waals surface area contributed by atoms with Crippen molar-refractivity contribution in [1.82, 2.24) is 5.32 Å². The minimum absolute atomic E-state index is 0.219. The van der Waals surface area contributed by atoms with Gasteiger partial charge in [-0.05, 0) is 25.5 Å². The first-order valence-electron chi connectivity index (χ1n) is 4.67. The Hall–Kier alpha value is -1.42. The van der Waals surface area contributed by atoms with Gasteiger partial charge in [-0.25, -0.2) is 0 Å². The zero-order valence-corrected chi connectivity index (χ0v) is 7.99. The van der Waals surface area contributed by atoms with Gasteiger partial charge in [0.25, 0.3) is 5.69 Å². The average molecular weight is 192 g/mol. The third kappa shape index (κ3) is 1.48. The number of nitro benzene ring substituents is 1. The summed E-state index contributed by atoms with van der Waals surface area (Å²) in [6.07, 6.45) is 1.07. The molecule has 0 aliphatic carbocycles. The largest absolute Gasteiger partial charge is 0.310 e. The van der Waals surface area contributed by atoms with Crippen molar-refractivity contribution in [2.75, 3.05) is 6.54 Å². The second kappa shape index (κ2) is 3.38. The number of benzene rings is 1. The molecule has 0 saturated carbocycles. The van der Waals surface area contributed by atoms with Crippen molar-refractivity contribution in [2.45, 2.75) is 19.4 Å². The predicted molar refractivity (Wildman–Crippen MR) is 53.2 cm³/mol. The Kier molecular flexibility index (Phi) is 2.21. The highest BCUT2D eigenvalue weighted by Gasteiger charge is 2.21. The summed E-state index contributed by atoms with van der Waals surface area (Å²) < 4.78 is 0. The first-order chi connectivity index (χ1) is 6.68. The van der Waals surface area contributed by atoms with E-state index in [-0.39, 0.29) is 10.6 Å². The monoisotopic (exact) mass is 192 g/mol. The van der Waals surface area contributed by atoms with Crippen LogP contribution < -0.4 is 5.32 Å². The fraction of sp³-hybridized carbons (Fsp3) is 0.400. The van der Waals surface area contributed by atoms with Crippen molar-refractivity contribution < 1.29 is 4.92 Å². The fourth-order valence-corrected chi connectivity index (χ4v) is 1.61. The number of hydrogen-bond acceptors (Lipinski definition) is 3. The number of aryl methyl sites for hydroxylation is 1. The summed E-state index contributed by atoms with van der Waals surface area (Å²) >= 11 is 0. The van der Waals surface area contributed by atoms with E-state index in [1.54, 1.807) is 13.0 Å². The van der Waals surface area contributed by atoms with E-state index in [0.29, 0.717) is 6.04 Å². The molecular formula is C10H12N2O2. The Morgan fingerprint density at radius 1 is 1.57 bits per heavy atom. The fourth-order valence-electron chi connectivity index (χ4n) is 1.61. The third-order valence-electron chi connectivity index (χ3n) is 2.66. The lowest BCUT2D eigenvalue weighted by atomic mass is 9.96. The smallest absolute Gasteiger partial charge is 0.272 e. The third-order valence-corrected chi connectivity index (χ3v) is 2.66. The maximum atomic E-state index is 10.7. The standard InChI is InChI=1S/C10H12N2O2/c1-7-2-3-8(9-4-5-11-9)6-10(7)12(13)14/h2-3,6,9,11H,4-5H2,1H3/t9-/m1/s1. The molecule has 1 fully saturated rings. The van der Waals surface area contributed by atoms with Crippen LogP contribution in [0.1, 0.15) is 23.6 Å². The molecule has 1 N–H and O–H groups in total.